The maximum atomic E-state index is 13.9. The van der Waals surface area contributed by atoms with Gasteiger partial charge in [-0.05, 0) is 37.1 Å². The van der Waals surface area contributed by atoms with E-state index in [1.165, 1.54) is 68.0 Å². The topological polar surface area (TPSA) is 110 Å². The van der Waals surface area contributed by atoms with Crippen molar-refractivity contribution in [2.45, 2.75) is 84.6 Å². The Balaban J connectivity index is 1.42. The van der Waals surface area contributed by atoms with Crippen LogP contribution in [-0.2, 0) is 25.7 Å². The Labute approximate surface area is 294 Å². The highest BCUT2D eigenvalue weighted by Gasteiger charge is 2.50. The Morgan fingerprint density at radius 3 is 2.10 bits per heavy atom. The van der Waals surface area contributed by atoms with E-state index in [0.29, 0.717) is 0 Å². The number of halogens is 1. The van der Waals surface area contributed by atoms with Crippen LogP contribution in [0, 0.1) is 18.8 Å². The summed E-state index contributed by atoms with van der Waals surface area (Å²) in [5.41, 5.74) is 2.17. The van der Waals surface area contributed by atoms with Gasteiger partial charge in [-0.1, -0.05) is 136 Å². The Hall–Kier alpha value is -4.30. The highest BCUT2D eigenvalue weighted by atomic mass is 35.5. The first-order chi connectivity index (χ1) is 23.7. The molecule has 0 spiro atoms. The number of ether oxygens (including phenoxy) is 1. The Morgan fingerprint density at radius 1 is 0.837 bits per heavy atom. The number of rotatable bonds is 19. The number of carbonyl (C=O) groups is 5. The summed E-state index contributed by atoms with van der Waals surface area (Å²) in [6, 6.07) is 20.1. The molecule has 4 rings (SSSR count). The number of nitrogens with one attached hydrogen (secondary N) is 1. The van der Waals surface area contributed by atoms with Gasteiger partial charge in [0.25, 0.3) is 0 Å². The summed E-state index contributed by atoms with van der Waals surface area (Å²) in [6.45, 7) is 4.31. The molecule has 2 unspecified atom stereocenters. The van der Waals surface area contributed by atoms with E-state index in [1.54, 1.807) is 24.3 Å². The summed E-state index contributed by atoms with van der Waals surface area (Å²) in [5.74, 6) is -6.35. The van der Waals surface area contributed by atoms with Gasteiger partial charge in [0.15, 0.2) is 11.6 Å². The number of amides is 2. The van der Waals surface area contributed by atoms with Crippen molar-refractivity contribution < 1.29 is 28.7 Å². The Bertz CT molecular complexity index is 1590. The molecule has 1 saturated heterocycles. The molecule has 1 heterocycles. The van der Waals surface area contributed by atoms with E-state index in [0.717, 1.165) is 30.4 Å². The number of likely N-dealkylation sites (tertiary alicyclic amines) is 1. The predicted octanol–water partition coefficient (Wildman–Crippen LogP) is 8.39. The molecular formula is C40H47ClN2O6. The van der Waals surface area contributed by atoms with Crippen LogP contribution in [0.15, 0.2) is 72.8 Å². The second kappa shape index (κ2) is 19.0. The molecule has 0 bridgehead atoms. The summed E-state index contributed by atoms with van der Waals surface area (Å²) < 4.78 is 5.48. The molecule has 2 amide bonds. The number of benzene rings is 3. The van der Waals surface area contributed by atoms with Crippen LogP contribution < -0.4 is 5.32 Å². The van der Waals surface area contributed by atoms with Gasteiger partial charge in [-0.3, -0.25) is 19.2 Å². The van der Waals surface area contributed by atoms with E-state index < -0.39 is 41.2 Å². The van der Waals surface area contributed by atoms with Gasteiger partial charge in [-0.15, -0.1) is 0 Å². The smallest absolute Gasteiger partial charge is 0.338 e. The number of hydrogen-bond donors (Lipinski definition) is 1. The van der Waals surface area contributed by atoms with Gasteiger partial charge < -0.3 is 15.0 Å². The Kier molecular flexibility index (Phi) is 14.6. The molecule has 3 aromatic rings. The van der Waals surface area contributed by atoms with Gasteiger partial charge >= 0.3 is 5.97 Å². The van der Waals surface area contributed by atoms with Gasteiger partial charge in [0.05, 0.1) is 29.4 Å². The molecule has 3 aromatic carbocycles. The molecule has 260 valence electrons. The molecule has 1 fully saturated rings. The van der Waals surface area contributed by atoms with E-state index in [-0.39, 0.29) is 41.5 Å². The van der Waals surface area contributed by atoms with E-state index in [1.807, 2.05) is 37.3 Å². The highest BCUT2D eigenvalue weighted by molar-refractivity contribution is 6.34. The fraction of sp³-hybridized carbons (Fsp3) is 0.425. The SMILES string of the molecule is CCCCCCCCCCCCOC(=O)c1ccc(Cl)c(NC(=O)C(C(=O)c2ccc(C)cc2)C2C(=O)CN(Cc3ccccc3)C2=O)c1. The van der Waals surface area contributed by atoms with Crippen LogP contribution >= 0.6 is 11.6 Å². The van der Waals surface area contributed by atoms with E-state index in [4.69, 9.17) is 16.3 Å². The largest absolute Gasteiger partial charge is 0.462 e. The van der Waals surface area contributed by atoms with E-state index >= 15 is 0 Å². The predicted molar refractivity (Wildman–Crippen MR) is 192 cm³/mol. The lowest BCUT2D eigenvalue weighted by Crippen LogP contribution is -2.41. The number of esters is 1. The molecule has 0 radical (unpaired) electrons. The van der Waals surface area contributed by atoms with Gasteiger partial charge in [0, 0.05) is 12.1 Å². The average Bonchev–Trinajstić information content (AvgIpc) is 3.36. The normalized spacial score (nSPS) is 14.9. The van der Waals surface area contributed by atoms with Gasteiger partial charge in [-0.25, -0.2) is 4.79 Å². The minimum Gasteiger partial charge on any atom is -0.462 e. The highest BCUT2D eigenvalue weighted by Crippen LogP contribution is 2.31. The maximum absolute atomic E-state index is 13.9. The van der Waals surface area contributed by atoms with Crippen LogP contribution in [0.25, 0.3) is 0 Å². The van der Waals surface area contributed by atoms with Crippen molar-refractivity contribution in [1.29, 1.82) is 0 Å². The number of hydrogen-bond acceptors (Lipinski definition) is 6. The number of ketones is 2. The molecular weight excluding hydrogens is 640 g/mol. The number of carbonyl (C=O) groups excluding carboxylic acids is 5. The Morgan fingerprint density at radius 2 is 1.45 bits per heavy atom. The maximum Gasteiger partial charge on any atom is 0.338 e. The number of Topliss-reactive ketones (excluding diaryl/α,β-unsaturated/α-hetero) is 2. The molecule has 8 nitrogen and oxygen atoms in total. The quantitative estimate of drug-likeness (QED) is 0.0587. The molecule has 0 aromatic heterocycles. The van der Waals surface area contributed by atoms with Gasteiger partial charge in [-0.2, -0.15) is 0 Å². The van der Waals surface area contributed by atoms with Crippen molar-refractivity contribution >= 4 is 46.6 Å². The number of unbranched alkanes of at least 4 members (excludes halogenated alkanes) is 9. The van der Waals surface area contributed by atoms with Crippen LogP contribution in [0.4, 0.5) is 5.69 Å². The molecule has 0 saturated carbocycles. The lowest BCUT2D eigenvalue weighted by Gasteiger charge is -2.22. The average molecular weight is 687 g/mol. The van der Waals surface area contributed by atoms with Crippen molar-refractivity contribution in [3.8, 4) is 0 Å². The minimum atomic E-state index is -1.65. The third-order valence-corrected chi connectivity index (χ3v) is 9.24. The fourth-order valence-corrected chi connectivity index (χ4v) is 6.25. The van der Waals surface area contributed by atoms with Gasteiger partial charge in [0.2, 0.25) is 11.8 Å². The zero-order valence-corrected chi connectivity index (χ0v) is 29.3. The van der Waals surface area contributed by atoms with Gasteiger partial charge in [0.1, 0.15) is 11.8 Å². The molecule has 1 N–H and O–H groups in total. The summed E-state index contributed by atoms with van der Waals surface area (Å²) in [4.78, 5) is 69.0. The molecule has 49 heavy (non-hydrogen) atoms. The first kappa shape index (κ1) is 37.5. The third-order valence-electron chi connectivity index (χ3n) is 8.91. The number of nitrogens with zero attached hydrogens (tertiary/aromatic N) is 1. The summed E-state index contributed by atoms with van der Waals surface area (Å²) in [6.07, 6.45) is 11.7. The van der Waals surface area contributed by atoms with Crippen LogP contribution in [0.2, 0.25) is 5.02 Å². The zero-order valence-electron chi connectivity index (χ0n) is 28.5. The second-order valence-corrected chi connectivity index (χ2v) is 13.2. The van der Waals surface area contributed by atoms with Crippen molar-refractivity contribution in [3.05, 3.63) is 100 Å². The lowest BCUT2D eigenvalue weighted by molar-refractivity contribution is -0.137. The molecule has 0 aliphatic carbocycles. The summed E-state index contributed by atoms with van der Waals surface area (Å²) >= 11 is 6.42. The minimum absolute atomic E-state index is 0.0702. The first-order valence-corrected chi connectivity index (χ1v) is 17.8. The zero-order chi connectivity index (χ0) is 35.2. The van der Waals surface area contributed by atoms with Crippen molar-refractivity contribution in [3.63, 3.8) is 0 Å². The van der Waals surface area contributed by atoms with Crippen LogP contribution in [0.1, 0.15) is 103 Å². The standard InChI is InChI=1S/C40H47ClN2O6/c1-3-4-5-6-7-8-9-10-11-15-24-49-40(48)31-22-23-32(41)33(25-31)42-38(46)36(37(45)30-20-18-28(2)19-21-30)35-34(44)27-43(39(35)47)26-29-16-13-12-14-17-29/h12-14,16-23,25,35-36H,3-11,15,24,26-27H2,1-2H3,(H,42,46). The van der Waals surface area contributed by atoms with Crippen molar-refractivity contribution in [1.82, 2.24) is 4.90 Å². The first-order valence-electron chi connectivity index (χ1n) is 17.4. The summed E-state index contributed by atoms with van der Waals surface area (Å²) in [5, 5.41) is 2.76. The van der Waals surface area contributed by atoms with Crippen molar-refractivity contribution in [2.24, 2.45) is 11.8 Å². The van der Waals surface area contributed by atoms with Crippen molar-refractivity contribution in [2.75, 3.05) is 18.5 Å². The lowest BCUT2D eigenvalue weighted by atomic mass is 9.83. The van der Waals surface area contributed by atoms with Crippen LogP contribution in [0.3, 0.4) is 0 Å². The monoisotopic (exact) mass is 686 g/mol. The van der Waals surface area contributed by atoms with Crippen LogP contribution in [-0.4, -0.2) is 47.4 Å². The number of anilines is 1. The molecule has 1 aliphatic heterocycles. The fourth-order valence-electron chi connectivity index (χ4n) is 6.08. The van der Waals surface area contributed by atoms with E-state index in [9.17, 15) is 24.0 Å². The van der Waals surface area contributed by atoms with Crippen LogP contribution in [0.5, 0.6) is 0 Å². The molecule has 9 heteroatoms. The number of aryl methyl sites for hydroxylation is 1. The third kappa shape index (κ3) is 10.8. The second-order valence-electron chi connectivity index (χ2n) is 12.8. The molecule has 1 aliphatic rings. The summed E-state index contributed by atoms with van der Waals surface area (Å²) in [7, 11) is 0. The molecule has 2 atom stereocenters. The van der Waals surface area contributed by atoms with E-state index in [2.05, 4.69) is 12.2 Å².